The lowest BCUT2D eigenvalue weighted by Gasteiger charge is -1.95. The second-order valence-corrected chi connectivity index (χ2v) is 2.15. The van der Waals surface area contributed by atoms with E-state index in [9.17, 15) is 0 Å². The number of hydrogen-bond donors (Lipinski definition) is 1. The zero-order chi connectivity index (χ0) is 7.82. The van der Waals surface area contributed by atoms with Crippen LogP contribution in [-0.4, -0.2) is 11.2 Å². The predicted octanol–water partition coefficient (Wildman–Crippen LogP) is 1.62. The lowest BCUT2D eigenvalue weighted by atomic mass is 10.2. The minimum Gasteiger partial charge on any atom is -0.388 e. The minimum absolute atomic E-state index is 0.195. The van der Waals surface area contributed by atoms with Crippen molar-refractivity contribution in [1.29, 1.82) is 5.26 Å². The predicted molar refractivity (Wildman–Crippen MR) is 40.3 cm³/mol. The van der Waals surface area contributed by atoms with Crippen LogP contribution >= 0.6 is 0 Å². The molecule has 0 aromatic heterocycles. The quantitative estimate of drug-likeness (QED) is 0.601. The van der Waals surface area contributed by atoms with Crippen molar-refractivity contribution in [3.63, 3.8) is 0 Å². The summed E-state index contributed by atoms with van der Waals surface area (Å²) in [7, 11) is 0. The van der Waals surface area contributed by atoms with Crippen molar-refractivity contribution < 1.29 is 5.11 Å². The summed E-state index contributed by atoms with van der Waals surface area (Å²) in [5, 5.41) is 17.1. The van der Waals surface area contributed by atoms with Crippen LogP contribution in [0, 0.1) is 11.3 Å². The van der Waals surface area contributed by atoms with Crippen LogP contribution in [0.4, 0.5) is 0 Å². The Kier molecular flexibility index (Phi) is 5.80. The fourth-order valence-corrected chi connectivity index (χ4v) is 0.582. The fraction of sp³-hybridized carbons (Fsp3) is 0.625. The van der Waals surface area contributed by atoms with Crippen molar-refractivity contribution in [2.75, 3.05) is 0 Å². The summed E-state index contributed by atoms with van der Waals surface area (Å²) in [4.78, 5) is 0. The Hall–Kier alpha value is -0.810. The molecule has 2 nitrogen and oxygen atoms in total. The van der Waals surface area contributed by atoms with Crippen LogP contribution in [0.5, 0.6) is 0 Å². The van der Waals surface area contributed by atoms with Crippen molar-refractivity contribution >= 4 is 0 Å². The molecule has 0 heterocycles. The van der Waals surface area contributed by atoms with Crippen molar-refractivity contribution in [1.82, 2.24) is 0 Å². The summed E-state index contributed by atoms with van der Waals surface area (Å²) in [5.74, 6) is 0. The van der Waals surface area contributed by atoms with Gasteiger partial charge in [-0.2, -0.15) is 5.26 Å². The molecule has 0 bridgehead atoms. The van der Waals surface area contributed by atoms with E-state index in [0.717, 1.165) is 12.8 Å². The van der Waals surface area contributed by atoms with Crippen molar-refractivity contribution in [2.45, 2.75) is 32.3 Å². The van der Waals surface area contributed by atoms with Gasteiger partial charge in [0, 0.05) is 0 Å². The topological polar surface area (TPSA) is 44.0 Å². The largest absolute Gasteiger partial charge is 0.388 e. The lowest BCUT2D eigenvalue weighted by Crippen LogP contribution is -1.98. The lowest BCUT2D eigenvalue weighted by molar-refractivity contribution is 0.228. The Morgan fingerprint density at radius 2 is 2.40 bits per heavy atom. The van der Waals surface area contributed by atoms with E-state index in [0.29, 0.717) is 0 Å². The molecule has 1 atom stereocenters. The number of rotatable bonds is 4. The highest BCUT2D eigenvalue weighted by atomic mass is 16.3. The Morgan fingerprint density at radius 3 is 2.90 bits per heavy atom. The van der Waals surface area contributed by atoms with Crippen LogP contribution in [-0.2, 0) is 0 Å². The third-order valence-electron chi connectivity index (χ3n) is 1.11. The van der Waals surface area contributed by atoms with Crippen molar-refractivity contribution in [2.24, 2.45) is 0 Å². The standard InChI is InChI=1S/C8H13NO/c1-2-3-4-5-8(10)6-7-9/h4-5,8,10H,2-3,6H2,1H3/b5-4+. The molecule has 0 rings (SSSR count). The van der Waals surface area contributed by atoms with Gasteiger partial charge in [-0.1, -0.05) is 25.5 Å². The number of aliphatic hydroxyl groups excluding tert-OH is 1. The molecule has 0 aromatic carbocycles. The summed E-state index contributed by atoms with van der Waals surface area (Å²) in [5.41, 5.74) is 0. The number of aliphatic hydroxyl groups is 1. The van der Waals surface area contributed by atoms with E-state index >= 15 is 0 Å². The van der Waals surface area contributed by atoms with Crippen molar-refractivity contribution in [3.05, 3.63) is 12.2 Å². The molecular weight excluding hydrogens is 126 g/mol. The van der Waals surface area contributed by atoms with Gasteiger partial charge in [0.2, 0.25) is 0 Å². The van der Waals surface area contributed by atoms with Gasteiger partial charge < -0.3 is 5.11 Å². The van der Waals surface area contributed by atoms with Gasteiger partial charge in [-0.05, 0) is 6.42 Å². The number of nitriles is 1. The molecule has 0 spiro atoms. The zero-order valence-electron chi connectivity index (χ0n) is 6.25. The molecule has 0 aromatic rings. The first-order valence-corrected chi connectivity index (χ1v) is 3.53. The van der Waals surface area contributed by atoms with Crippen LogP contribution in [0.15, 0.2) is 12.2 Å². The number of nitrogens with zero attached hydrogens (tertiary/aromatic N) is 1. The van der Waals surface area contributed by atoms with Crippen LogP contribution in [0.2, 0.25) is 0 Å². The molecule has 2 heteroatoms. The second kappa shape index (κ2) is 6.31. The molecular formula is C8H13NO. The maximum atomic E-state index is 8.97. The first-order valence-electron chi connectivity index (χ1n) is 3.53. The van der Waals surface area contributed by atoms with Gasteiger partial charge in [0.1, 0.15) is 0 Å². The Labute approximate surface area is 61.8 Å². The average Bonchev–Trinajstić information content (AvgIpc) is 1.89. The van der Waals surface area contributed by atoms with E-state index < -0.39 is 6.10 Å². The monoisotopic (exact) mass is 139 g/mol. The summed E-state index contributed by atoms with van der Waals surface area (Å²) >= 11 is 0. The van der Waals surface area contributed by atoms with Crippen molar-refractivity contribution in [3.8, 4) is 6.07 Å². The van der Waals surface area contributed by atoms with Gasteiger partial charge in [-0.15, -0.1) is 0 Å². The summed E-state index contributed by atoms with van der Waals surface area (Å²) in [6.07, 6.45) is 5.25. The SMILES string of the molecule is CCC/C=C/C(O)CC#N. The normalized spacial score (nSPS) is 13.3. The molecule has 0 saturated carbocycles. The zero-order valence-corrected chi connectivity index (χ0v) is 6.25. The third kappa shape index (κ3) is 5.33. The maximum Gasteiger partial charge on any atom is 0.0850 e. The molecule has 0 aliphatic carbocycles. The molecule has 1 N–H and O–H groups in total. The summed E-state index contributed by atoms with van der Waals surface area (Å²) in [6.45, 7) is 2.07. The fourth-order valence-electron chi connectivity index (χ4n) is 0.582. The van der Waals surface area contributed by atoms with Gasteiger partial charge in [0.25, 0.3) is 0 Å². The van der Waals surface area contributed by atoms with E-state index in [1.165, 1.54) is 0 Å². The smallest absolute Gasteiger partial charge is 0.0850 e. The van der Waals surface area contributed by atoms with E-state index in [1.807, 2.05) is 12.1 Å². The second-order valence-electron chi connectivity index (χ2n) is 2.15. The maximum absolute atomic E-state index is 8.97. The molecule has 0 fully saturated rings. The highest BCUT2D eigenvalue weighted by molar-refractivity contribution is 4.92. The molecule has 0 aliphatic heterocycles. The average molecular weight is 139 g/mol. The van der Waals surface area contributed by atoms with E-state index in [4.69, 9.17) is 10.4 Å². The van der Waals surface area contributed by atoms with E-state index in [2.05, 4.69) is 6.92 Å². The van der Waals surface area contributed by atoms with Gasteiger partial charge in [-0.3, -0.25) is 0 Å². The van der Waals surface area contributed by atoms with Crippen LogP contribution in [0.3, 0.4) is 0 Å². The number of unbranched alkanes of at least 4 members (excludes halogenated alkanes) is 1. The Bertz CT molecular complexity index is 135. The molecule has 1 unspecified atom stereocenters. The molecule has 56 valence electrons. The summed E-state index contributed by atoms with van der Waals surface area (Å²) in [6, 6.07) is 1.89. The van der Waals surface area contributed by atoms with Crippen LogP contribution in [0.1, 0.15) is 26.2 Å². The Morgan fingerprint density at radius 1 is 1.70 bits per heavy atom. The van der Waals surface area contributed by atoms with Gasteiger partial charge in [-0.25, -0.2) is 0 Å². The number of hydrogen-bond acceptors (Lipinski definition) is 2. The van der Waals surface area contributed by atoms with Crippen LogP contribution < -0.4 is 0 Å². The molecule has 0 amide bonds. The minimum atomic E-state index is -0.573. The highest BCUT2D eigenvalue weighted by Gasteiger charge is 1.93. The van der Waals surface area contributed by atoms with Gasteiger partial charge in [0.15, 0.2) is 0 Å². The first-order chi connectivity index (χ1) is 4.81. The highest BCUT2D eigenvalue weighted by Crippen LogP contribution is 1.94. The first kappa shape index (κ1) is 9.19. The number of allylic oxidation sites excluding steroid dienone is 1. The van der Waals surface area contributed by atoms with E-state index in [1.54, 1.807) is 6.08 Å². The third-order valence-corrected chi connectivity index (χ3v) is 1.11. The molecule has 10 heavy (non-hydrogen) atoms. The summed E-state index contributed by atoms with van der Waals surface area (Å²) < 4.78 is 0. The van der Waals surface area contributed by atoms with Crippen LogP contribution in [0.25, 0.3) is 0 Å². The molecule has 0 saturated heterocycles. The van der Waals surface area contributed by atoms with E-state index in [-0.39, 0.29) is 6.42 Å². The van der Waals surface area contributed by atoms with Gasteiger partial charge >= 0.3 is 0 Å². The van der Waals surface area contributed by atoms with Gasteiger partial charge in [0.05, 0.1) is 18.6 Å². The molecule has 0 radical (unpaired) electrons. The Balaban J connectivity index is 3.37. The molecule has 0 aliphatic rings.